The van der Waals surface area contributed by atoms with Gasteiger partial charge in [-0.15, -0.1) is 0 Å². The second-order valence-corrected chi connectivity index (χ2v) is 7.59. The lowest BCUT2D eigenvalue weighted by Crippen LogP contribution is -2.29. The number of hydrogen-bond acceptors (Lipinski definition) is 6. The Hall–Kier alpha value is -2.91. The van der Waals surface area contributed by atoms with E-state index in [1.54, 1.807) is 24.3 Å². The van der Waals surface area contributed by atoms with Crippen molar-refractivity contribution < 1.29 is 22.7 Å². The van der Waals surface area contributed by atoms with Crippen LogP contribution >= 0.6 is 0 Å². The van der Waals surface area contributed by atoms with Gasteiger partial charge >= 0.3 is 16.2 Å². The molecule has 0 spiro atoms. The van der Waals surface area contributed by atoms with Crippen LogP contribution in [0.15, 0.2) is 54.6 Å². The topological polar surface area (TPSA) is 105 Å². The number of hydrogen-bond donors (Lipinski definition) is 2. The first-order valence-corrected chi connectivity index (χ1v) is 9.74. The van der Waals surface area contributed by atoms with Crippen LogP contribution in [-0.4, -0.2) is 44.3 Å². The monoisotopic (exact) mass is 389 g/mol. The molecule has 1 aliphatic rings. The maximum absolute atomic E-state index is 12.0. The zero-order valence-electron chi connectivity index (χ0n) is 14.4. The summed E-state index contributed by atoms with van der Waals surface area (Å²) in [6, 6.07) is 16.0. The lowest BCUT2D eigenvalue weighted by Gasteiger charge is -2.12. The molecule has 0 aliphatic carbocycles. The van der Waals surface area contributed by atoms with Crippen LogP contribution in [0.3, 0.4) is 0 Å². The minimum atomic E-state index is -3.76. The average molecular weight is 389 g/mol. The minimum absolute atomic E-state index is 0.0530. The van der Waals surface area contributed by atoms with E-state index in [0.717, 1.165) is 9.99 Å². The number of carbonyl (C=O) groups is 2. The molecule has 0 bridgehead atoms. The average Bonchev–Trinajstić information content (AvgIpc) is 2.91. The van der Waals surface area contributed by atoms with Crippen molar-refractivity contribution in [3.8, 4) is 0 Å². The molecule has 2 aromatic rings. The number of esters is 1. The molecule has 0 aromatic heterocycles. The first kappa shape index (κ1) is 18.9. The zero-order valence-corrected chi connectivity index (χ0v) is 15.2. The van der Waals surface area contributed by atoms with Crippen molar-refractivity contribution in [2.45, 2.75) is 6.54 Å². The van der Waals surface area contributed by atoms with Crippen LogP contribution in [0.4, 0.5) is 5.69 Å². The molecule has 0 atom stereocenters. The highest BCUT2D eigenvalue weighted by molar-refractivity contribution is 7.88. The molecule has 1 aliphatic heterocycles. The third kappa shape index (κ3) is 5.05. The van der Waals surface area contributed by atoms with Gasteiger partial charge in [0.05, 0.1) is 12.1 Å². The number of rotatable bonds is 7. The lowest BCUT2D eigenvalue weighted by molar-refractivity contribution is -0.118. The highest BCUT2D eigenvalue weighted by atomic mass is 32.2. The smallest absolute Gasteiger partial charge is 0.338 e. The fourth-order valence-electron chi connectivity index (χ4n) is 2.56. The molecule has 1 amide bonds. The summed E-state index contributed by atoms with van der Waals surface area (Å²) in [5.41, 5.74) is 1.98. The van der Waals surface area contributed by atoms with Gasteiger partial charge in [0, 0.05) is 18.8 Å². The zero-order chi connectivity index (χ0) is 19.3. The number of carbonyl (C=O) groups excluding carboxylic acids is 2. The van der Waals surface area contributed by atoms with E-state index >= 15 is 0 Å². The molecule has 0 saturated carbocycles. The van der Waals surface area contributed by atoms with Gasteiger partial charge in [-0.2, -0.15) is 12.7 Å². The molecule has 2 aromatic carbocycles. The Morgan fingerprint density at radius 2 is 1.81 bits per heavy atom. The van der Waals surface area contributed by atoms with Crippen LogP contribution in [0.1, 0.15) is 15.9 Å². The fourth-order valence-corrected chi connectivity index (χ4v) is 3.64. The number of ether oxygens (including phenoxy) is 1. The molecule has 9 heteroatoms. The SMILES string of the molecule is O=C1CN(Cc2ccc(C(=O)OCCNc3ccccc3)cc2)S(=O)(=O)N1. The second-order valence-electron chi connectivity index (χ2n) is 5.92. The van der Waals surface area contributed by atoms with Crippen molar-refractivity contribution in [2.24, 2.45) is 0 Å². The Morgan fingerprint density at radius 3 is 2.44 bits per heavy atom. The van der Waals surface area contributed by atoms with E-state index in [1.165, 1.54) is 0 Å². The van der Waals surface area contributed by atoms with Gasteiger partial charge in [-0.3, -0.25) is 4.79 Å². The summed E-state index contributed by atoms with van der Waals surface area (Å²) >= 11 is 0. The first-order valence-electron chi connectivity index (χ1n) is 8.30. The Labute approximate surface area is 157 Å². The maximum Gasteiger partial charge on any atom is 0.338 e. The van der Waals surface area contributed by atoms with Crippen LogP contribution in [0.5, 0.6) is 0 Å². The molecule has 0 radical (unpaired) electrons. The van der Waals surface area contributed by atoms with E-state index in [1.807, 2.05) is 35.1 Å². The van der Waals surface area contributed by atoms with Crippen molar-refractivity contribution in [1.82, 2.24) is 9.03 Å². The number of benzene rings is 2. The van der Waals surface area contributed by atoms with Crippen molar-refractivity contribution in [1.29, 1.82) is 0 Å². The van der Waals surface area contributed by atoms with Crippen LogP contribution in [0, 0.1) is 0 Å². The van der Waals surface area contributed by atoms with Crippen molar-refractivity contribution in [3.05, 3.63) is 65.7 Å². The molecular formula is C18H19N3O5S. The van der Waals surface area contributed by atoms with Crippen LogP contribution in [0.2, 0.25) is 0 Å². The summed E-state index contributed by atoms with van der Waals surface area (Å²) in [7, 11) is -3.76. The van der Waals surface area contributed by atoms with Crippen LogP contribution in [-0.2, 0) is 26.3 Å². The number of amides is 1. The third-order valence-electron chi connectivity index (χ3n) is 3.89. The Balaban J connectivity index is 1.48. The summed E-state index contributed by atoms with van der Waals surface area (Å²) in [6.45, 7) is 0.550. The van der Waals surface area contributed by atoms with Gasteiger partial charge in [-0.25, -0.2) is 9.52 Å². The van der Waals surface area contributed by atoms with Gasteiger partial charge in [0.15, 0.2) is 0 Å². The van der Waals surface area contributed by atoms with Crippen LogP contribution in [0.25, 0.3) is 0 Å². The summed E-state index contributed by atoms with van der Waals surface area (Å²) < 4.78 is 31.6. The molecule has 2 N–H and O–H groups in total. The third-order valence-corrected chi connectivity index (χ3v) is 5.31. The van der Waals surface area contributed by atoms with E-state index in [-0.39, 0.29) is 19.7 Å². The molecule has 0 unspecified atom stereocenters. The quantitative estimate of drug-likeness (QED) is 0.543. The molecule has 1 heterocycles. The highest BCUT2D eigenvalue weighted by Crippen LogP contribution is 2.13. The number of para-hydroxylation sites is 1. The van der Waals surface area contributed by atoms with E-state index in [2.05, 4.69) is 5.32 Å². The van der Waals surface area contributed by atoms with Gasteiger partial charge in [-0.1, -0.05) is 30.3 Å². The van der Waals surface area contributed by atoms with E-state index < -0.39 is 22.1 Å². The summed E-state index contributed by atoms with van der Waals surface area (Å²) in [6.07, 6.45) is 0. The number of nitrogens with one attached hydrogen (secondary N) is 2. The molecule has 8 nitrogen and oxygen atoms in total. The van der Waals surface area contributed by atoms with Gasteiger partial charge in [0.1, 0.15) is 6.61 Å². The maximum atomic E-state index is 12.0. The molecule has 27 heavy (non-hydrogen) atoms. The standard InChI is InChI=1S/C18H19N3O5S/c22-17-13-21(27(24,25)20-17)12-14-6-8-15(9-7-14)18(23)26-11-10-19-16-4-2-1-3-5-16/h1-9,19H,10-13H2,(H,20,22). The highest BCUT2D eigenvalue weighted by Gasteiger charge is 2.33. The largest absolute Gasteiger partial charge is 0.460 e. The van der Waals surface area contributed by atoms with Crippen molar-refractivity contribution in [2.75, 3.05) is 25.0 Å². The summed E-state index contributed by atoms with van der Waals surface area (Å²) in [5.74, 6) is -1.01. The van der Waals surface area contributed by atoms with Crippen molar-refractivity contribution in [3.63, 3.8) is 0 Å². The van der Waals surface area contributed by atoms with Gasteiger partial charge in [0.2, 0.25) is 5.91 Å². The predicted molar refractivity (Wildman–Crippen MR) is 99.1 cm³/mol. The number of nitrogens with zero attached hydrogens (tertiary/aromatic N) is 1. The summed E-state index contributed by atoms with van der Waals surface area (Å²) in [5, 5.41) is 3.14. The molecule has 142 valence electrons. The van der Waals surface area contributed by atoms with Crippen LogP contribution < -0.4 is 10.0 Å². The molecule has 3 rings (SSSR count). The summed E-state index contributed by atoms with van der Waals surface area (Å²) in [4.78, 5) is 23.3. The van der Waals surface area contributed by atoms with E-state index in [9.17, 15) is 18.0 Å². The van der Waals surface area contributed by atoms with Gasteiger partial charge in [0.25, 0.3) is 0 Å². The Morgan fingerprint density at radius 1 is 1.11 bits per heavy atom. The Bertz CT molecular complexity index is 914. The predicted octanol–water partition coefficient (Wildman–Crippen LogP) is 1.13. The normalized spacial score (nSPS) is 15.9. The van der Waals surface area contributed by atoms with Gasteiger partial charge < -0.3 is 10.1 Å². The lowest BCUT2D eigenvalue weighted by atomic mass is 10.1. The number of anilines is 1. The molecule has 1 fully saturated rings. The first-order chi connectivity index (χ1) is 12.9. The van der Waals surface area contributed by atoms with Crippen molar-refractivity contribution >= 4 is 27.8 Å². The Kier molecular flexibility index (Phi) is 5.72. The van der Waals surface area contributed by atoms with E-state index in [0.29, 0.717) is 17.7 Å². The van der Waals surface area contributed by atoms with E-state index in [4.69, 9.17) is 4.74 Å². The minimum Gasteiger partial charge on any atom is -0.460 e. The van der Waals surface area contributed by atoms with Gasteiger partial charge in [-0.05, 0) is 29.8 Å². The second kappa shape index (κ2) is 8.19. The fraction of sp³-hybridized carbons (Fsp3) is 0.222. The molecule has 1 saturated heterocycles. The molecular weight excluding hydrogens is 370 g/mol.